The summed E-state index contributed by atoms with van der Waals surface area (Å²) in [5, 5.41) is 0. The lowest BCUT2D eigenvalue weighted by atomic mass is 10.1. The molecular weight excluding hydrogens is 757 g/mol. The Morgan fingerprint density at radius 1 is 0.328 bits per heavy atom. The van der Waals surface area contributed by atoms with Gasteiger partial charge in [-0.25, -0.2) is 0 Å². The van der Waals surface area contributed by atoms with Gasteiger partial charge in [-0.2, -0.15) is 0 Å². The molecule has 0 amide bonds. The Labute approximate surface area is 376 Å². The van der Waals surface area contributed by atoms with Gasteiger partial charge in [-0.1, -0.05) is 203 Å². The summed E-state index contributed by atoms with van der Waals surface area (Å²) in [5.41, 5.74) is 0. The lowest BCUT2D eigenvalue weighted by molar-refractivity contribution is -0.167. The summed E-state index contributed by atoms with van der Waals surface area (Å²) in [6, 6.07) is 0. The van der Waals surface area contributed by atoms with Gasteiger partial charge in [0.2, 0.25) is 0 Å². The average molecular weight is 851 g/mol. The van der Waals surface area contributed by atoms with Crippen molar-refractivity contribution < 1.29 is 28.6 Å². The van der Waals surface area contributed by atoms with E-state index in [1.54, 1.807) is 0 Å². The second-order valence-electron chi connectivity index (χ2n) is 16.8. The molecule has 61 heavy (non-hydrogen) atoms. The minimum atomic E-state index is -0.807. The first-order chi connectivity index (χ1) is 30.0. The van der Waals surface area contributed by atoms with Crippen LogP contribution in [0.4, 0.5) is 0 Å². The van der Waals surface area contributed by atoms with Crippen LogP contribution >= 0.6 is 0 Å². The Morgan fingerprint density at radius 3 is 1.07 bits per heavy atom. The van der Waals surface area contributed by atoms with E-state index in [9.17, 15) is 14.4 Å². The maximum Gasteiger partial charge on any atom is 0.306 e. The number of carbonyl (C=O) groups is 3. The fourth-order valence-corrected chi connectivity index (χ4v) is 6.85. The third-order valence-electron chi connectivity index (χ3n) is 10.7. The van der Waals surface area contributed by atoms with Crippen LogP contribution in [0.2, 0.25) is 0 Å². The van der Waals surface area contributed by atoms with E-state index in [0.717, 1.165) is 89.9 Å². The summed E-state index contributed by atoms with van der Waals surface area (Å²) in [6.07, 6.45) is 61.8. The molecule has 0 heterocycles. The zero-order valence-electron chi connectivity index (χ0n) is 39.9. The highest BCUT2D eigenvalue weighted by Crippen LogP contribution is 2.13. The van der Waals surface area contributed by atoms with Gasteiger partial charge in [0, 0.05) is 19.3 Å². The van der Waals surface area contributed by atoms with Gasteiger partial charge < -0.3 is 14.2 Å². The molecule has 0 aromatic carbocycles. The Kier molecular flexibility index (Phi) is 46.9. The quantitative estimate of drug-likeness (QED) is 0.0200. The van der Waals surface area contributed by atoms with Crippen LogP contribution in [-0.2, 0) is 28.6 Å². The summed E-state index contributed by atoms with van der Waals surface area (Å²) in [6.45, 7) is 6.51. The van der Waals surface area contributed by atoms with Crippen molar-refractivity contribution in [2.45, 2.75) is 245 Å². The molecule has 0 aromatic rings. The molecule has 0 spiro atoms. The first kappa shape index (κ1) is 57.9. The topological polar surface area (TPSA) is 78.9 Å². The van der Waals surface area contributed by atoms with Crippen LogP contribution in [0.15, 0.2) is 72.9 Å². The molecule has 0 aliphatic rings. The molecule has 0 fully saturated rings. The van der Waals surface area contributed by atoms with Gasteiger partial charge in [-0.3, -0.25) is 14.4 Å². The number of unbranched alkanes of at least 4 members (excludes halogenated alkanes) is 25. The van der Waals surface area contributed by atoms with E-state index in [4.69, 9.17) is 14.2 Å². The van der Waals surface area contributed by atoms with Crippen molar-refractivity contribution in [3.63, 3.8) is 0 Å². The number of hydrogen-bond acceptors (Lipinski definition) is 6. The Balaban J connectivity index is 4.44. The highest BCUT2D eigenvalue weighted by Gasteiger charge is 2.19. The van der Waals surface area contributed by atoms with Gasteiger partial charge in [-0.05, 0) is 89.9 Å². The number of rotatable bonds is 45. The molecule has 350 valence electrons. The van der Waals surface area contributed by atoms with Crippen LogP contribution in [0, 0.1) is 0 Å². The van der Waals surface area contributed by atoms with Crippen molar-refractivity contribution in [3.8, 4) is 0 Å². The number of esters is 3. The highest BCUT2D eigenvalue weighted by atomic mass is 16.6. The third kappa shape index (κ3) is 47.7. The Morgan fingerprint density at radius 2 is 0.623 bits per heavy atom. The van der Waals surface area contributed by atoms with Crippen LogP contribution < -0.4 is 0 Å². The molecule has 0 radical (unpaired) electrons. The van der Waals surface area contributed by atoms with Crippen LogP contribution in [0.3, 0.4) is 0 Å². The molecular formula is C55H94O6. The molecule has 0 aliphatic heterocycles. The van der Waals surface area contributed by atoms with E-state index < -0.39 is 6.10 Å². The number of carbonyl (C=O) groups excluding carboxylic acids is 3. The van der Waals surface area contributed by atoms with Crippen molar-refractivity contribution in [2.24, 2.45) is 0 Å². The summed E-state index contributed by atoms with van der Waals surface area (Å²) in [4.78, 5) is 37.8. The first-order valence-corrected chi connectivity index (χ1v) is 25.5. The van der Waals surface area contributed by atoms with Gasteiger partial charge in [-0.15, -0.1) is 0 Å². The van der Waals surface area contributed by atoms with Crippen molar-refractivity contribution in [1.29, 1.82) is 0 Å². The van der Waals surface area contributed by atoms with Gasteiger partial charge in [0.05, 0.1) is 0 Å². The minimum absolute atomic E-state index is 0.106. The lowest BCUT2D eigenvalue weighted by Gasteiger charge is -2.18. The molecule has 0 aliphatic carbocycles. The summed E-state index contributed by atoms with van der Waals surface area (Å²) < 4.78 is 16.7. The van der Waals surface area contributed by atoms with Crippen molar-refractivity contribution in [3.05, 3.63) is 72.9 Å². The molecule has 0 saturated carbocycles. The standard InChI is InChI=1S/C55H94O6/c1-4-7-10-13-16-19-21-23-25-27-28-30-31-33-36-39-42-45-48-54(57)60-51-52(50-59-53(56)47-44-41-38-35-18-15-12-9-6-3)61-55(58)49-46-43-40-37-34-32-29-26-24-22-20-17-14-11-8-5-2/h21,23,25-30,32,34-35,38,52H,4-20,22,24,31,33,36-37,39-51H2,1-3H3/b23-21-,27-25-,29-26-,30-28-,34-32-,38-35-. The monoisotopic (exact) mass is 851 g/mol. The van der Waals surface area contributed by atoms with E-state index >= 15 is 0 Å². The fraction of sp³-hybridized carbons (Fsp3) is 0.727. The second-order valence-corrected chi connectivity index (χ2v) is 16.8. The van der Waals surface area contributed by atoms with Crippen molar-refractivity contribution in [2.75, 3.05) is 13.2 Å². The molecule has 0 saturated heterocycles. The van der Waals surface area contributed by atoms with Gasteiger partial charge in [0.1, 0.15) is 13.2 Å². The molecule has 0 N–H and O–H groups in total. The predicted molar refractivity (Wildman–Crippen MR) is 261 cm³/mol. The number of hydrogen-bond donors (Lipinski definition) is 0. The first-order valence-electron chi connectivity index (χ1n) is 25.5. The van der Waals surface area contributed by atoms with Crippen LogP contribution in [0.1, 0.15) is 239 Å². The summed E-state index contributed by atoms with van der Waals surface area (Å²) >= 11 is 0. The van der Waals surface area contributed by atoms with Crippen molar-refractivity contribution in [1.82, 2.24) is 0 Å². The number of ether oxygens (including phenoxy) is 3. The molecule has 0 rings (SSSR count). The van der Waals surface area contributed by atoms with Crippen LogP contribution in [0.25, 0.3) is 0 Å². The average Bonchev–Trinajstić information content (AvgIpc) is 3.26. The minimum Gasteiger partial charge on any atom is -0.462 e. The molecule has 6 nitrogen and oxygen atoms in total. The molecule has 1 unspecified atom stereocenters. The normalized spacial score (nSPS) is 12.6. The third-order valence-corrected chi connectivity index (χ3v) is 10.7. The second kappa shape index (κ2) is 49.5. The Bertz CT molecular complexity index is 1160. The van der Waals surface area contributed by atoms with Gasteiger partial charge >= 0.3 is 17.9 Å². The van der Waals surface area contributed by atoms with E-state index in [1.807, 2.05) is 0 Å². The molecule has 0 aromatic heterocycles. The summed E-state index contributed by atoms with van der Waals surface area (Å²) in [7, 11) is 0. The fourth-order valence-electron chi connectivity index (χ4n) is 6.85. The summed E-state index contributed by atoms with van der Waals surface area (Å²) in [5.74, 6) is -0.988. The van der Waals surface area contributed by atoms with Crippen LogP contribution in [-0.4, -0.2) is 37.2 Å². The van der Waals surface area contributed by atoms with E-state index in [1.165, 1.54) is 103 Å². The Hall–Kier alpha value is -3.15. The highest BCUT2D eigenvalue weighted by molar-refractivity contribution is 5.71. The van der Waals surface area contributed by atoms with Gasteiger partial charge in [0.15, 0.2) is 6.10 Å². The zero-order valence-corrected chi connectivity index (χ0v) is 39.9. The largest absolute Gasteiger partial charge is 0.462 e. The zero-order chi connectivity index (χ0) is 44.4. The van der Waals surface area contributed by atoms with Crippen molar-refractivity contribution >= 4 is 17.9 Å². The van der Waals surface area contributed by atoms with E-state index in [2.05, 4.69) is 93.7 Å². The smallest absolute Gasteiger partial charge is 0.306 e. The maximum absolute atomic E-state index is 12.8. The number of allylic oxidation sites excluding steroid dienone is 12. The SMILES string of the molecule is CCCCCC/C=C\CCCC(=O)OCC(COC(=O)CCCCCCC\C=C/C=C\C=C/CCCCCCC)OC(=O)CCCCC/C=C\C=C/CCCCCCCCC. The lowest BCUT2D eigenvalue weighted by Crippen LogP contribution is -2.30. The molecule has 1 atom stereocenters. The van der Waals surface area contributed by atoms with Crippen LogP contribution in [0.5, 0.6) is 0 Å². The maximum atomic E-state index is 12.8. The molecule has 6 heteroatoms. The van der Waals surface area contributed by atoms with E-state index in [0.29, 0.717) is 19.3 Å². The predicted octanol–water partition coefficient (Wildman–Crippen LogP) is 16.6. The van der Waals surface area contributed by atoms with E-state index in [-0.39, 0.29) is 37.5 Å². The molecule has 0 bridgehead atoms. The van der Waals surface area contributed by atoms with Gasteiger partial charge in [0.25, 0.3) is 0 Å².